The van der Waals surface area contributed by atoms with Crippen LogP contribution >= 0.6 is 0 Å². The average molecular weight is 739 g/mol. The fourth-order valence-corrected chi connectivity index (χ4v) is 5.62. The van der Waals surface area contributed by atoms with Crippen molar-refractivity contribution in [2.75, 3.05) is 0 Å². The van der Waals surface area contributed by atoms with E-state index in [0.29, 0.717) is 30.6 Å². The predicted octanol–water partition coefficient (Wildman–Crippen LogP) is 10.3. The summed E-state index contributed by atoms with van der Waals surface area (Å²) in [7, 11) is 0. The van der Waals surface area contributed by atoms with Crippen molar-refractivity contribution >= 4 is 16.6 Å². The molecule has 3 aromatic carbocycles. The number of aromatic nitrogens is 1. The number of carbonyl (C=O) groups excluding carboxylic acids is 1. The topological polar surface area (TPSA) is 50.2 Å². The normalized spacial score (nSPS) is 11.9. The summed E-state index contributed by atoms with van der Waals surface area (Å²) in [6.45, 7) is 16.9. The molecule has 0 saturated heterocycles. The number of allylic oxidation sites excluding steroid dienone is 2. The van der Waals surface area contributed by atoms with Gasteiger partial charge in [0.2, 0.25) is 0 Å². The van der Waals surface area contributed by atoms with Crippen molar-refractivity contribution < 1.29 is 30.0 Å². The van der Waals surface area contributed by atoms with Crippen LogP contribution in [0.1, 0.15) is 71.1 Å². The molecule has 5 rings (SSSR count). The van der Waals surface area contributed by atoms with E-state index >= 15 is 0 Å². The second kappa shape index (κ2) is 14.4. The van der Waals surface area contributed by atoms with Gasteiger partial charge in [0.25, 0.3) is 0 Å². The van der Waals surface area contributed by atoms with Gasteiger partial charge in [-0.2, -0.15) is 0 Å². The summed E-state index contributed by atoms with van der Waals surface area (Å²) in [5.41, 5.74) is 11.2. The minimum Gasteiger partial charge on any atom is -0.512 e. The third-order valence-corrected chi connectivity index (χ3v) is 7.20. The zero-order valence-electron chi connectivity index (χ0n) is 26.3. The number of aryl methyl sites for hydroxylation is 2. The standard InChI is InChI=1S/C27H24N.C11H20O2.Ir/c1-16(2)11-19-14-20-9-10-28-27-22-8-6-18(4)13-24(22)23-12-17(3)5-7-21(23)25(15-19)26(20)27;1-8(2)5-10(12)7-11(13)6-9(3)4;/h5-7,9-10,12-16H,11H2,1-4H3;7-9,12H,5-6H2,1-4H3;/q-1;;/b;10-7-;. The second-order valence-electron chi connectivity index (χ2n) is 12.8. The largest absolute Gasteiger partial charge is 0.512 e. The van der Waals surface area contributed by atoms with Gasteiger partial charge in [0.1, 0.15) is 0 Å². The van der Waals surface area contributed by atoms with Gasteiger partial charge in [-0.3, -0.25) is 4.79 Å². The maximum Gasteiger partial charge on any atom is 0.159 e. The number of aliphatic hydroxyl groups is 1. The molecule has 4 heteroatoms. The van der Waals surface area contributed by atoms with Crippen LogP contribution in [0.4, 0.5) is 0 Å². The Hall–Kier alpha value is -3.07. The summed E-state index contributed by atoms with van der Waals surface area (Å²) in [5.74, 6) is 1.61. The van der Waals surface area contributed by atoms with Crippen molar-refractivity contribution in [3.05, 3.63) is 89.3 Å². The van der Waals surface area contributed by atoms with Gasteiger partial charge in [-0.15, -0.1) is 29.3 Å². The first kappa shape index (κ1) is 33.4. The van der Waals surface area contributed by atoms with Crippen LogP contribution in [0.5, 0.6) is 0 Å². The molecular formula is C38H44IrNO2-. The minimum atomic E-state index is 0. The molecule has 1 radical (unpaired) electrons. The molecule has 1 N–H and O–H groups in total. The van der Waals surface area contributed by atoms with Gasteiger partial charge < -0.3 is 10.1 Å². The molecule has 0 saturated carbocycles. The van der Waals surface area contributed by atoms with Crippen molar-refractivity contribution in [1.82, 2.24) is 4.98 Å². The fourth-order valence-electron chi connectivity index (χ4n) is 5.62. The van der Waals surface area contributed by atoms with Crippen LogP contribution in [0.3, 0.4) is 0 Å². The number of rotatable bonds is 7. The molecule has 1 aromatic heterocycles. The number of pyridine rings is 1. The summed E-state index contributed by atoms with van der Waals surface area (Å²) < 4.78 is 0. The van der Waals surface area contributed by atoms with E-state index in [1.165, 1.54) is 55.8 Å². The number of fused-ring (bicyclic) bond motifs is 5. The fraction of sp³-hybridized carbons (Fsp3) is 0.368. The van der Waals surface area contributed by atoms with Crippen LogP contribution in [-0.2, 0) is 31.3 Å². The van der Waals surface area contributed by atoms with Gasteiger partial charge in [0, 0.05) is 45.2 Å². The first-order valence-electron chi connectivity index (χ1n) is 14.9. The molecule has 1 heterocycles. The summed E-state index contributed by atoms with van der Waals surface area (Å²) in [6.07, 6.45) is 5.49. The summed E-state index contributed by atoms with van der Waals surface area (Å²) >= 11 is 0. The molecule has 223 valence electrons. The molecule has 42 heavy (non-hydrogen) atoms. The molecule has 0 fully saturated rings. The Morgan fingerprint density at radius 3 is 2.19 bits per heavy atom. The van der Waals surface area contributed by atoms with Crippen LogP contribution in [0.15, 0.2) is 66.6 Å². The van der Waals surface area contributed by atoms with E-state index in [-0.39, 0.29) is 31.6 Å². The van der Waals surface area contributed by atoms with Crippen molar-refractivity contribution in [3.63, 3.8) is 0 Å². The molecule has 3 nitrogen and oxygen atoms in total. The average Bonchev–Trinajstić information content (AvgIpc) is 2.97. The number of hydrogen-bond acceptors (Lipinski definition) is 3. The van der Waals surface area contributed by atoms with E-state index in [9.17, 15) is 9.90 Å². The van der Waals surface area contributed by atoms with E-state index in [4.69, 9.17) is 4.98 Å². The van der Waals surface area contributed by atoms with E-state index in [2.05, 4.69) is 82.3 Å². The van der Waals surface area contributed by atoms with Crippen LogP contribution < -0.4 is 0 Å². The molecule has 0 aliphatic heterocycles. The molecule has 1 aliphatic carbocycles. The zero-order valence-corrected chi connectivity index (χ0v) is 28.7. The first-order chi connectivity index (χ1) is 19.4. The van der Waals surface area contributed by atoms with Gasteiger partial charge in [0.05, 0.1) is 5.76 Å². The van der Waals surface area contributed by atoms with Gasteiger partial charge in [-0.05, 0) is 70.3 Å². The molecular weight excluding hydrogens is 695 g/mol. The Kier molecular flexibility index (Phi) is 11.5. The molecule has 0 atom stereocenters. The van der Waals surface area contributed by atoms with Crippen LogP contribution in [0, 0.1) is 37.7 Å². The van der Waals surface area contributed by atoms with Crippen molar-refractivity contribution in [3.8, 4) is 33.5 Å². The molecule has 0 unspecified atom stereocenters. The van der Waals surface area contributed by atoms with Crippen LogP contribution in [-0.4, -0.2) is 15.9 Å². The third-order valence-electron chi connectivity index (χ3n) is 7.20. The van der Waals surface area contributed by atoms with Crippen LogP contribution in [0.2, 0.25) is 0 Å². The van der Waals surface area contributed by atoms with E-state index in [0.717, 1.165) is 17.7 Å². The Morgan fingerprint density at radius 2 is 1.52 bits per heavy atom. The summed E-state index contributed by atoms with van der Waals surface area (Å²) in [4.78, 5) is 16.0. The van der Waals surface area contributed by atoms with Gasteiger partial charge in [-0.25, -0.2) is 0 Å². The first-order valence-corrected chi connectivity index (χ1v) is 14.9. The maximum atomic E-state index is 11.2. The predicted molar refractivity (Wildman–Crippen MR) is 173 cm³/mol. The van der Waals surface area contributed by atoms with E-state index in [1.54, 1.807) is 0 Å². The number of aliphatic hydroxyl groups excluding tert-OH is 1. The summed E-state index contributed by atoms with van der Waals surface area (Å²) in [5, 5.41) is 11.9. The van der Waals surface area contributed by atoms with Crippen molar-refractivity contribution in [1.29, 1.82) is 0 Å². The second-order valence-corrected chi connectivity index (χ2v) is 12.8. The van der Waals surface area contributed by atoms with E-state index < -0.39 is 0 Å². The molecule has 0 amide bonds. The van der Waals surface area contributed by atoms with Crippen molar-refractivity contribution in [2.24, 2.45) is 17.8 Å². The van der Waals surface area contributed by atoms with Gasteiger partial charge >= 0.3 is 0 Å². The number of benzene rings is 3. The van der Waals surface area contributed by atoms with Crippen molar-refractivity contribution in [2.45, 2.75) is 74.7 Å². The maximum absolute atomic E-state index is 11.2. The third kappa shape index (κ3) is 8.06. The van der Waals surface area contributed by atoms with E-state index in [1.807, 2.05) is 33.9 Å². The minimum absolute atomic E-state index is 0. The Balaban J connectivity index is 0.000000297. The SMILES string of the molecule is CC(C)CC(=O)/C=C(\O)CC(C)C.Cc1c[c-]c2c(c1)-c1cc(C)ccc1-c1cc(CC(C)C)cc3ccnc-2c13.[Ir]. The zero-order chi connectivity index (χ0) is 29.8. The van der Waals surface area contributed by atoms with Crippen LogP contribution in [0.25, 0.3) is 44.3 Å². The molecule has 4 aromatic rings. The number of nitrogens with zero attached hydrogens (tertiary/aromatic N) is 1. The Morgan fingerprint density at radius 1 is 0.833 bits per heavy atom. The quantitative estimate of drug-likeness (QED) is 0.103. The number of ketones is 1. The Bertz CT molecular complexity index is 1600. The van der Waals surface area contributed by atoms with Gasteiger partial charge in [0.15, 0.2) is 5.78 Å². The smallest absolute Gasteiger partial charge is 0.159 e. The van der Waals surface area contributed by atoms with Gasteiger partial charge in [-0.1, -0.05) is 95.5 Å². The Labute approximate surface area is 265 Å². The molecule has 1 aliphatic rings. The summed E-state index contributed by atoms with van der Waals surface area (Å²) in [6, 6.07) is 21.6. The molecule has 0 spiro atoms. The number of hydrogen-bond donors (Lipinski definition) is 1. The molecule has 0 bridgehead atoms. The monoisotopic (exact) mass is 739 g/mol. The number of carbonyl (C=O) groups is 1.